The van der Waals surface area contributed by atoms with Gasteiger partial charge in [-0.3, -0.25) is 10.1 Å². The smallest absolute Gasteiger partial charge is 0.422 e. The fraction of sp³-hybridized carbons (Fsp3) is 0.250. The maximum Gasteiger partial charge on any atom is 0.422 e. The Kier molecular flexibility index (Phi) is 6.06. The van der Waals surface area contributed by atoms with Gasteiger partial charge in [-0.2, -0.15) is 18.4 Å². The molecule has 0 saturated carbocycles. The van der Waals surface area contributed by atoms with Crippen LogP contribution in [-0.4, -0.2) is 30.1 Å². The minimum Gasteiger partial charge on any atom is -0.482 e. The number of halogens is 3. The summed E-state index contributed by atoms with van der Waals surface area (Å²) in [7, 11) is 0. The molecule has 1 aromatic carbocycles. The maximum absolute atomic E-state index is 12.2. The van der Waals surface area contributed by atoms with Gasteiger partial charge in [-0.15, -0.1) is 0 Å². The van der Waals surface area contributed by atoms with E-state index in [0.717, 1.165) is 17.8 Å². The molecule has 1 rings (SSSR count). The van der Waals surface area contributed by atoms with Crippen molar-refractivity contribution in [2.24, 2.45) is 10.7 Å². The number of primary amides is 1. The van der Waals surface area contributed by atoms with Gasteiger partial charge in [-0.1, -0.05) is 11.8 Å². The molecule has 118 valence electrons. The zero-order valence-electron chi connectivity index (χ0n) is 11.3. The Morgan fingerprint density at radius 3 is 2.73 bits per heavy atom. The van der Waals surface area contributed by atoms with E-state index in [0.29, 0.717) is 0 Å². The molecule has 10 heteroatoms. The van der Waals surface area contributed by atoms with Crippen molar-refractivity contribution in [2.45, 2.75) is 6.18 Å². The second-order valence-electron chi connectivity index (χ2n) is 3.81. The van der Waals surface area contributed by atoms with E-state index in [1.807, 2.05) is 0 Å². The predicted octanol–water partition coefficient (Wildman–Crippen LogP) is 2.15. The molecule has 0 radical (unpaired) electrons. The normalized spacial score (nSPS) is 11.7. The van der Waals surface area contributed by atoms with E-state index in [4.69, 9.17) is 11.0 Å². The molecule has 6 nitrogen and oxygen atoms in total. The number of hydrogen-bond acceptors (Lipinski definition) is 5. The van der Waals surface area contributed by atoms with Crippen LogP contribution in [-0.2, 0) is 0 Å². The van der Waals surface area contributed by atoms with E-state index >= 15 is 0 Å². The summed E-state index contributed by atoms with van der Waals surface area (Å²) in [6.07, 6.45) is -1.27. The number of alkyl halides is 3. The number of nitrogens with two attached hydrogens (primary N) is 1. The van der Waals surface area contributed by atoms with Crippen molar-refractivity contribution in [1.82, 2.24) is 5.32 Å². The van der Waals surface area contributed by atoms with Crippen LogP contribution in [0.5, 0.6) is 5.75 Å². The van der Waals surface area contributed by atoms with E-state index in [1.54, 1.807) is 12.4 Å². The van der Waals surface area contributed by atoms with Gasteiger partial charge in [0.1, 0.15) is 11.4 Å². The molecule has 0 aliphatic carbocycles. The third-order valence-electron chi connectivity index (χ3n) is 2.21. The highest BCUT2D eigenvalue weighted by molar-refractivity contribution is 8.13. The van der Waals surface area contributed by atoms with Gasteiger partial charge in [0, 0.05) is 5.56 Å². The number of carbonyl (C=O) groups excluding carboxylic acids is 1. The van der Waals surface area contributed by atoms with Crippen LogP contribution in [0.2, 0.25) is 0 Å². The van der Waals surface area contributed by atoms with Crippen LogP contribution >= 0.6 is 11.8 Å². The lowest BCUT2D eigenvalue weighted by atomic mass is 10.2. The molecule has 0 aliphatic heterocycles. The number of rotatable bonds is 4. The van der Waals surface area contributed by atoms with Crippen LogP contribution in [0.25, 0.3) is 0 Å². The highest BCUT2D eigenvalue weighted by Gasteiger charge is 2.29. The number of benzene rings is 1. The van der Waals surface area contributed by atoms with Gasteiger partial charge in [-0.25, -0.2) is 4.99 Å². The Bertz CT molecular complexity index is 626. The Hall–Kier alpha value is -2.41. The summed E-state index contributed by atoms with van der Waals surface area (Å²) < 4.78 is 41.4. The molecule has 0 aliphatic rings. The van der Waals surface area contributed by atoms with Gasteiger partial charge in [0.15, 0.2) is 18.0 Å². The number of carbonyl (C=O) groups is 1. The first kappa shape index (κ1) is 17.6. The van der Waals surface area contributed by atoms with Crippen molar-refractivity contribution in [3.63, 3.8) is 0 Å². The number of ether oxygens (including phenoxy) is 1. The number of nitrogens with one attached hydrogen (secondary N) is 1. The molecule has 0 saturated heterocycles. The molecule has 0 atom stereocenters. The summed E-state index contributed by atoms with van der Waals surface area (Å²) in [5.41, 5.74) is 5.12. The summed E-state index contributed by atoms with van der Waals surface area (Å²) in [4.78, 5) is 15.1. The Morgan fingerprint density at radius 2 is 2.23 bits per heavy atom. The van der Waals surface area contributed by atoms with Gasteiger partial charge < -0.3 is 10.5 Å². The van der Waals surface area contributed by atoms with E-state index in [1.165, 1.54) is 12.1 Å². The number of thioether (sulfide) groups is 1. The minimum absolute atomic E-state index is 0.0485. The molecule has 1 aromatic rings. The van der Waals surface area contributed by atoms with Crippen LogP contribution in [0.15, 0.2) is 23.2 Å². The molecular weight excluding hydrogens is 321 g/mol. The van der Waals surface area contributed by atoms with Crippen LogP contribution in [0.3, 0.4) is 0 Å². The zero-order chi connectivity index (χ0) is 16.8. The number of aliphatic imine (C=N–C) groups is 1. The molecular formula is C12H11F3N4O2S. The SMILES string of the molecule is CSC(=Nc1cc(C(N)=O)ccc1OCC(F)(F)F)NC#N. The Labute approximate surface area is 128 Å². The van der Waals surface area contributed by atoms with Crippen molar-refractivity contribution >= 4 is 28.5 Å². The molecule has 0 unspecified atom stereocenters. The predicted molar refractivity (Wildman–Crippen MR) is 75.9 cm³/mol. The Morgan fingerprint density at radius 1 is 1.55 bits per heavy atom. The number of amidine groups is 1. The standard InChI is InChI=1S/C12H11F3N4O2S/c1-22-11(18-6-16)19-8-4-7(10(17)20)2-3-9(8)21-5-12(13,14)15/h2-4H,5H2,1H3,(H2,17,20)(H,18,19). The van der Waals surface area contributed by atoms with Crippen LogP contribution in [0.1, 0.15) is 10.4 Å². The first-order chi connectivity index (χ1) is 10.3. The average molecular weight is 332 g/mol. The number of hydrogen-bond donors (Lipinski definition) is 2. The lowest BCUT2D eigenvalue weighted by Crippen LogP contribution is -2.19. The highest BCUT2D eigenvalue weighted by Crippen LogP contribution is 2.31. The van der Waals surface area contributed by atoms with Gasteiger partial charge in [0.05, 0.1) is 0 Å². The van der Waals surface area contributed by atoms with Gasteiger partial charge >= 0.3 is 6.18 Å². The van der Waals surface area contributed by atoms with E-state index < -0.39 is 18.7 Å². The van der Waals surface area contributed by atoms with E-state index in [-0.39, 0.29) is 22.2 Å². The van der Waals surface area contributed by atoms with Crippen LogP contribution < -0.4 is 15.8 Å². The molecule has 1 amide bonds. The van der Waals surface area contributed by atoms with Crippen molar-refractivity contribution < 1.29 is 22.7 Å². The summed E-state index contributed by atoms with van der Waals surface area (Å²) in [6, 6.07) is 3.57. The molecule has 0 heterocycles. The lowest BCUT2D eigenvalue weighted by Gasteiger charge is -2.12. The van der Waals surface area contributed by atoms with Gasteiger partial charge in [-0.05, 0) is 24.5 Å². The average Bonchev–Trinajstić information content (AvgIpc) is 2.44. The largest absolute Gasteiger partial charge is 0.482 e. The van der Waals surface area contributed by atoms with Crippen molar-refractivity contribution in [3.05, 3.63) is 23.8 Å². The molecule has 0 spiro atoms. The molecule has 22 heavy (non-hydrogen) atoms. The first-order valence-electron chi connectivity index (χ1n) is 5.68. The molecule has 0 bridgehead atoms. The summed E-state index contributed by atoms with van der Waals surface area (Å²) in [6.45, 7) is -1.51. The van der Waals surface area contributed by atoms with Crippen LogP contribution in [0.4, 0.5) is 18.9 Å². The number of nitrogens with zero attached hydrogens (tertiary/aromatic N) is 2. The second kappa shape index (κ2) is 7.56. The van der Waals surface area contributed by atoms with Gasteiger partial charge in [0.25, 0.3) is 0 Å². The highest BCUT2D eigenvalue weighted by atomic mass is 32.2. The summed E-state index contributed by atoms with van der Waals surface area (Å²) in [5.74, 6) is -0.952. The fourth-order valence-electron chi connectivity index (χ4n) is 1.32. The van der Waals surface area contributed by atoms with Crippen molar-refractivity contribution in [3.8, 4) is 11.9 Å². The molecule has 0 fully saturated rings. The molecule has 0 aromatic heterocycles. The van der Waals surface area contributed by atoms with Gasteiger partial charge in [0.2, 0.25) is 5.91 Å². The quantitative estimate of drug-likeness (QED) is 0.381. The van der Waals surface area contributed by atoms with E-state index in [2.05, 4.69) is 15.0 Å². The zero-order valence-corrected chi connectivity index (χ0v) is 12.1. The third kappa shape index (κ3) is 5.53. The Balaban J connectivity index is 3.20. The number of nitriles is 1. The first-order valence-corrected chi connectivity index (χ1v) is 6.90. The third-order valence-corrected chi connectivity index (χ3v) is 2.79. The van der Waals surface area contributed by atoms with E-state index in [9.17, 15) is 18.0 Å². The second-order valence-corrected chi connectivity index (χ2v) is 4.60. The van der Waals surface area contributed by atoms with Crippen molar-refractivity contribution in [1.29, 1.82) is 5.26 Å². The number of amides is 1. The molecule has 3 N–H and O–H groups in total. The maximum atomic E-state index is 12.2. The monoisotopic (exact) mass is 332 g/mol. The van der Waals surface area contributed by atoms with Crippen LogP contribution in [0, 0.1) is 11.5 Å². The lowest BCUT2D eigenvalue weighted by molar-refractivity contribution is -0.153. The summed E-state index contributed by atoms with van der Waals surface area (Å²) >= 11 is 1.06. The topological polar surface area (TPSA) is 100 Å². The summed E-state index contributed by atoms with van der Waals surface area (Å²) in [5, 5.41) is 10.9. The van der Waals surface area contributed by atoms with Crippen molar-refractivity contribution in [2.75, 3.05) is 12.9 Å². The minimum atomic E-state index is -4.52. The fourth-order valence-corrected chi connectivity index (χ4v) is 1.66.